The Morgan fingerprint density at radius 2 is 1.36 bits per heavy atom. The molecule has 0 unspecified atom stereocenters. The summed E-state index contributed by atoms with van der Waals surface area (Å²) in [7, 11) is 0. The molecule has 0 atom stereocenters. The molecule has 5 heteroatoms. The molecule has 1 aliphatic heterocycles. The van der Waals surface area contributed by atoms with Crippen LogP contribution in [0.15, 0.2) is 134 Å². The van der Waals surface area contributed by atoms with E-state index in [2.05, 4.69) is 129 Å². The molecule has 1 radical (unpaired) electrons. The summed E-state index contributed by atoms with van der Waals surface area (Å²) in [5.74, 6) is 0. The maximum Gasteiger partial charge on any atom is 0.0395 e. The molecule has 50 heavy (non-hydrogen) atoms. The molecule has 1 N–H and O–H groups in total. The van der Waals surface area contributed by atoms with Crippen LogP contribution < -0.4 is 5.32 Å². The van der Waals surface area contributed by atoms with Gasteiger partial charge in [-0.05, 0) is 82.0 Å². The number of anilines is 2. The van der Waals surface area contributed by atoms with Gasteiger partial charge < -0.3 is 15.3 Å². The Labute approximate surface area is 311 Å². The number of nitrogens with one attached hydrogen (secondary N) is 1. The second-order valence-electron chi connectivity index (χ2n) is 13.4. The zero-order valence-corrected chi connectivity index (χ0v) is 31.5. The van der Waals surface area contributed by atoms with E-state index in [9.17, 15) is 0 Å². The van der Waals surface area contributed by atoms with E-state index in [4.69, 9.17) is 4.98 Å². The van der Waals surface area contributed by atoms with E-state index in [1.807, 2.05) is 60.0 Å². The van der Waals surface area contributed by atoms with Crippen molar-refractivity contribution in [1.82, 2.24) is 9.97 Å². The molecule has 3 aromatic heterocycles. The predicted octanol–water partition coefficient (Wildman–Crippen LogP) is 12.5. The minimum Gasteiger partial charge on any atom is -0.394 e. The smallest absolute Gasteiger partial charge is 0.0395 e. The van der Waals surface area contributed by atoms with E-state index in [1.165, 1.54) is 53.6 Å². The molecule has 2 bridgehead atoms. The van der Waals surface area contributed by atoms with Gasteiger partial charge in [0.1, 0.15) is 0 Å². The summed E-state index contributed by atoms with van der Waals surface area (Å²) in [6, 6.07) is 49.0. The summed E-state index contributed by atoms with van der Waals surface area (Å²) >= 11 is 1.85. The first kappa shape index (κ1) is 33.6. The summed E-state index contributed by atoms with van der Waals surface area (Å²) in [5, 5.41) is 6.43. The standard InChI is InChI=1S/C34H27N2S.C11H8N.Ir/c1-20-23-9-7-10-24(20)27-18-28-25-8-5-6-11-32(25)37-33(28)19-31(27)36-29-13-12-21(16-26(23)29)30-17-22(14-15-35-30)34(2,3)4;1-2-6-10(7-3-1)11-8-4-5-9-12-11;/h5-11,13-19,36H,1-4H3;1-6,8-9H;/q2*-1;. The van der Waals surface area contributed by atoms with Crippen molar-refractivity contribution in [3.63, 3.8) is 0 Å². The molecule has 0 amide bonds. The van der Waals surface area contributed by atoms with E-state index in [0.717, 1.165) is 33.9 Å². The van der Waals surface area contributed by atoms with Crippen LogP contribution >= 0.6 is 11.3 Å². The minimum atomic E-state index is 0. The van der Waals surface area contributed by atoms with Gasteiger partial charge in [-0.1, -0.05) is 80.9 Å². The van der Waals surface area contributed by atoms with Gasteiger partial charge in [0.2, 0.25) is 0 Å². The van der Waals surface area contributed by atoms with E-state index in [0.29, 0.717) is 0 Å². The van der Waals surface area contributed by atoms with E-state index >= 15 is 0 Å². The van der Waals surface area contributed by atoms with Crippen LogP contribution in [-0.4, -0.2) is 9.97 Å². The van der Waals surface area contributed by atoms with Crippen molar-refractivity contribution in [2.45, 2.75) is 33.1 Å². The molecule has 3 nitrogen and oxygen atoms in total. The number of nitrogens with zero attached hydrogens (tertiary/aromatic N) is 2. The van der Waals surface area contributed by atoms with Crippen LogP contribution in [0.3, 0.4) is 0 Å². The number of pyridine rings is 2. The van der Waals surface area contributed by atoms with Crippen molar-refractivity contribution in [3.8, 4) is 44.8 Å². The quantitative estimate of drug-likeness (QED) is 0.176. The molecule has 4 heterocycles. The summed E-state index contributed by atoms with van der Waals surface area (Å²) < 4.78 is 2.62. The molecular weight excluding hydrogens is 807 g/mol. The largest absolute Gasteiger partial charge is 0.394 e. The van der Waals surface area contributed by atoms with Crippen LogP contribution in [0.25, 0.3) is 64.9 Å². The summed E-state index contributed by atoms with van der Waals surface area (Å²) in [6.45, 7) is 8.95. The van der Waals surface area contributed by atoms with Gasteiger partial charge in [0.25, 0.3) is 0 Å². The average molecular weight is 842 g/mol. The summed E-state index contributed by atoms with van der Waals surface area (Å²) in [4.78, 5) is 8.93. The molecule has 247 valence electrons. The Bertz CT molecular complexity index is 2420. The Hall–Kier alpha value is -4.93. The maximum absolute atomic E-state index is 4.71. The Balaban J connectivity index is 0.000000255. The molecule has 0 saturated carbocycles. The summed E-state index contributed by atoms with van der Waals surface area (Å²) in [5.41, 5.74) is 13.7. The normalized spacial score (nSPS) is 11.6. The Kier molecular flexibility index (Phi) is 9.24. The van der Waals surface area contributed by atoms with Gasteiger partial charge in [-0.25, -0.2) is 0 Å². The number of fused-ring (bicyclic) bond motifs is 9. The second kappa shape index (κ2) is 13.8. The number of benzene rings is 5. The second-order valence-corrected chi connectivity index (χ2v) is 14.5. The fourth-order valence-electron chi connectivity index (χ4n) is 6.55. The van der Waals surface area contributed by atoms with Crippen LogP contribution in [0.2, 0.25) is 0 Å². The molecule has 0 saturated heterocycles. The molecule has 0 aliphatic carbocycles. The number of rotatable bonds is 2. The maximum atomic E-state index is 4.71. The Morgan fingerprint density at radius 3 is 2.12 bits per heavy atom. The van der Waals surface area contributed by atoms with Crippen LogP contribution in [-0.2, 0) is 25.5 Å². The minimum absolute atomic E-state index is 0. The fourth-order valence-corrected chi connectivity index (χ4v) is 7.67. The van der Waals surface area contributed by atoms with Gasteiger partial charge >= 0.3 is 0 Å². The topological polar surface area (TPSA) is 37.8 Å². The summed E-state index contributed by atoms with van der Waals surface area (Å²) in [6.07, 6.45) is 3.70. The van der Waals surface area contributed by atoms with Crippen LogP contribution in [0.1, 0.15) is 31.9 Å². The molecule has 8 aromatic rings. The SMILES string of the molecule is Cc1c2cccc1-c1cc3c(cc1Nc1c[c-]c(-c4cc(C(C)(C)C)ccn4)cc1-2)sc1ccccc13.[Ir].[c-]1ccccc1-c1ccccn1. The zero-order chi connectivity index (χ0) is 33.5. The van der Waals surface area contributed by atoms with Crippen LogP contribution in [0, 0.1) is 19.1 Å². The van der Waals surface area contributed by atoms with Crippen molar-refractivity contribution in [2.75, 3.05) is 5.32 Å². The number of aromatic nitrogens is 2. The molecule has 5 aromatic carbocycles. The van der Waals surface area contributed by atoms with Gasteiger partial charge in [0.15, 0.2) is 0 Å². The number of hydrogen-bond donors (Lipinski definition) is 1. The van der Waals surface area contributed by atoms with E-state index in [-0.39, 0.29) is 25.5 Å². The van der Waals surface area contributed by atoms with Gasteiger partial charge in [-0.15, -0.1) is 71.0 Å². The van der Waals surface area contributed by atoms with Gasteiger partial charge in [0, 0.05) is 63.9 Å². The zero-order valence-electron chi connectivity index (χ0n) is 28.3. The average Bonchev–Trinajstić information content (AvgIpc) is 3.50. The molecule has 0 spiro atoms. The van der Waals surface area contributed by atoms with E-state index in [1.54, 1.807) is 6.20 Å². The predicted molar refractivity (Wildman–Crippen MR) is 207 cm³/mol. The van der Waals surface area contributed by atoms with Crippen molar-refractivity contribution in [2.24, 2.45) is 0 Å². The Morgan fingerprint density at radius 1 is 0.600 bits per heavy atom. The van der Waals surface area contributed by atoms with Crippen molar-refractivity contribution >= 4 is 42.9 Å². The van der Waals surface area contributed by atoms with Crippen molar-refractivity contribution < 1.29 is 20.1 Å². The molecular formula is C45H35IrN3S-2. The van der Waals surface area contributed by atoms with Gasteiger partial charge in [0.05, 0.1) is 0 Å². The third-order valence-electron chi connectivity index (χ3n) is 9.20. The van der Waals surface area contributed by atoms with Crippen molar-refractivity contribution in [3.05, 3.63) is 157 Å². The number of thiophene rings is 1. The van der Waals surface area contributed by atoms with E-state index < -0.39 is 0 Å². The number of hydrogen-bond acceptors (Lipinski definition) is 4. The third-order valence-corrected chi connectivity index (χ3v) is 10.3. The monoisotopic (exact) mass is 842 g/mol. The van der Waals surface area contributed by atoms with Crippen molar-refractivity contribution in [1.29, 1.82) is 0 Å². The first-order valence-corrected chi connectivity index (χ1v) is 17.4. The molecule has 9 rings (SSSR count). The van der Waals surface area contributed by atoms with Gasteiger partial charge in [-0.3, -0.25) is 0 Å². The first-order valence-electron chi connectivity index (χ1n) is 16.6. The fraction of sp³-hybridized carbons (Fsp3) is 0.111. The molecule has 1 aliphatic rings. The van der Waals surface area contributed by atoms with Crippen LogP contribution in [0.4, 0.5) is 11.4 Å². The first-order chi connectivity index (χ1) is 23.8. The van der Waals surface area contributed by atoms with Crippen LogP contribution in [0.5, 0.6) is 0 Å². The third kappa shape index (κ3) is 6.41. The molecule has 0 fully saturated rings. The van der Waals surface area contributed by atoms with Gasteiger partial charge in [-0.2, -0.15) is 0 Å².